The van der Waals surface area contributed by atoms with Gasteiger partial charge in [-0.1, -0.05) is 12.1 Å². The minimum Gasteiger partial charge on any atom is -0.497 e. The van der Waals surface area contributed by atoms with Gasteiger partial charge in [0.25, 0.3) is 0 Å². The van der Waals surface area contributed by atoms with Crippen molar-refractivity contribution in [1.82, 2.24) is 0 Å². The number of benzene rings is 1. The second kappa shape index (κ2) is 5.88. The summed E-state index contributed by atoms with van der Waals surface area (Å²) in [4.78, 5) is 0. The molecule has 2 fully saturated rings. The van der Waals surface area contributed by atoms with Gasteiger partial charge >= 0.3 is 0 Å². The molecule has 21 heavy (non-hydrogen) atoms. The molecular weight excluding hydrogens is 276 g/mol. The molecule has 1 aromatic rings. The van der Waals surface area contributed by atoms with E-state index in [1.807, 2.05) is 24.3 Å². The zero-order valence-corrected chi connectivity index (χ0v) is 11.7. The van der Waals surface area contributed by atoms with E-state index in [1.54, 1.807) is 7.11 Å². The minimum absolute atomic E-state index is 0.291. The molecule has 5 N–H and O–H groups in total. The van der Waals surface area contributed by atoms with E-state index in [0.717, 1.165) is 11.3 Å². The predicted molar refractivity (Wildman–Crippen MR) is 73.4 cm³/mol. The standard InChI is InChI=1S/C14H20N2O5/c1-18-8-4-2-7(3-5-8)14-19-6-9-12(21-14)11(17)10(15)13(16)20-9/h2-5,9-14,17H,6,15-16H2,1H3. The highest BCUT2D eigenvalue weighted by atomic mass is 16.7. The molecule has 0 bridgehead atoms. The van der Waals surface area contributed by atoms with E-state index in [9.17, 15) is 5.11 Å². The molecule has 2 aliphatic heterocycles. The molecule has 0 spiro atoms. The van der Waals surface area contributed by atoms with Gasteiger partial charge in [0.05, 0.1) is 19.8 Å². The molecule has 0 aromatic heterocycles. The fourth-order valence-electron chi connectivity index (χ4n) is 2.61. The zero-order chi connectivity index (χ0) is 15.0. The van der Waals surface area contributed by atoms with Crippen LogP contribution in [0.25, 0.3) is 0 Å². The molecule has 3 rings (SSSR count). The van der Waals surface area contributed by atoms with Crippen molar-refractivity contribution in [1.29, 1.82) is 0 Å². The van der Waals surface area contributed by atoms with Gasteiger partial charge in [-0.3, -0.25) is 0 Å². The first-order valence-electron chi connectivity index (χ1n) is 6.86. The first kappa shape index (κ1) is 14.7. The molecule has 0 radical (unpaired) electrons. The summed E-state index contributed by atoms with van der Waals surface area (Å²) in [5.41, 5.74) is 12.4. The number of methoxy groups -OCH3 is 1. The molecule has 6 atom stereocenters. The van der Waals surface area contributed by atoms with Gasteiger partial charge in [0.1, 0.15) is 30.3 Å². The average Bonchev–Trinajstić information content (AvgIpc) is 2.53. The van der Waals surface area contributed by atoms with E-state index in [4.69, 9.17) is 30.4 Å². The second-order valence-corrected chi connectivity index (χ2v) is 5.25. The molecule has 116 valence electrons. The van der Waals surface area contributed by atoms with Crippen LogP contribution in [0.2, 0.25) is 0 Å². The van der Waals surface area contributed by atoms with Crippen molar-refractivity contribution in [2.75, 3.05) is 13.7 Å². The maximum absolute atomic E-state index is 10.2. The van der Waals surface area contributed by atoms with Gasteiger partial charge in [0, 0.05) is 5.56 Å². The van der Waals surface area contributed by atoms with Crippen molar-refractivity contribution in [3.8, 4) is 5.75 Å². The van der Waals surface area contributed by atoms with Crippen LogP contribution in [-0.4, -0.2) is 49.4 Å². The number of nitrogens with two attached hydrogens (primary N) is 2. The smallest absolute Gasteiger partial charge is 0.184 e. The predicted octanol–water partition coefficient (Wildman–Crippen LogP) is -0.519. The van der Waals surface area contributed by atoms with Gasteiger partial charge < -0.3 is 35.5 Å². The summed E-state index contributed by atoms with van der Waals surface area (Å²) in [7, 11) is 1.60. The molecule has 2 heterocycles. The summed E-state index contributed by atoms with van der Waals surface area (Å²) in [6, 6.07) is 6.67. The van der Waals surface area contributed by atoms with Crippen molar-refractivity contribution in [2.45, 2.75) is 36.9 Å². The highest BCUT2D eigenvalue weighted by molar-refractivity contribution is 5.28. The van der Waals surface area contributed by atoms with Gasteiger partial charge in [0.2, 0.25) is 0 Å². The third kappa shape index (κ3) is 2.76. The topological polar surface area (TPSA) is 109 Å². The van der Waals surface area contributed by atoms with Crippen LogP contribution in [0, 0.1) is 0 Å². The molecule has 7 heteroatoms. The molecule has 2 saturated heterocycles. The Morgan fingerprint density at radius 1 is 1.19 bits per heavy atom. The zero-order valence-electron chi connectivity index (χ0n) is 11.7. The van der Waals surface area contributed by atoms with Crippen molar-refractivity contribution in [3.05, 3.63) is 29.8 Å². The summed E-state index contributed by atoms with van der Waals surface area (Å²) in [6.45, 7) is 0.291. The minimum atomic E-state index is -0.886. The van der Waals surface area contributed by atoms with Crippen molar-refractivity contribution in [2.24, 2.45) is 11.5 Å². The Labute approximate surface area is 122 Å². The molecule has 1 aromatic carbocycles. The highest BCUT2D eigenvalue weighted by Crippen LogP contribution is 2.33. The van der Waals surface area contributed by atoms with Crippen molar-refractivity contribution >= 4 is 0 Å². The maximum atomic E-state index is 10.2. The van der Waals surface area contributed by atoms with E-state index in [2.05, 4.69) is 0 Å². The van der Waals surface area contributed by atoms with Gasteiger partial charge in [0.15, 0.2) is 6.29 Å². The molecule has 6 unspecified atom stereocenters. The lowest BCUT2D eigenvalue weighted by molar-refractivity contribution is -0.312. The highest BCUT2D eigenvalue weighted by Gasteiger charge is 2.46. The Morgan fingerprint density at radius 2 is 1.90 bits per heavy atom. The van der Waals surface area contributed by atoms with Gasteiger partial charge in [-0.25, -0.2) is 0 Å². The van der Waals surface area contributed by atoms with E-state index in [1.165, 1.54) is 0 Å². The van der Waals surface area contributed by atoms with E-state index < -0.39 is 36.9 Å². The van der Waals surface area contributed by atoms with E-state index in [-0.39, 0.29) is 0 Å². The number of hydrogen-bond donors (Lipinski definition) is 3. The first-order valence-corrected chi connectivity index (χ1v) is 6.86. The Bertz CT molecular complexity index is 481. The number of rotatable bonds is 2. The Kier molecular flexibility index (Phi) is 4.12. The third-order valence-electron chi connectivity index (χ3n) is 3.89. The van der Waals surface area contributed by atoms with Crippen molar-refractivity contribution < 1.29 is 24.1 Å². The van der Waals surface area contributed by atoms with E-state index >= 15 is 0 Å². The van der Waals surface area contributed by atoms with Crippen LogP contribution in [0.4, 0.5) is 0 Å². The average molecular weight is 296 g/mol. The number of hydrogen-bond acceptors (Lipinski definition) is 7. The first-order chi connectivity index (χ1) is 10.1. The molecule has 0 amide bonds. The van der Waals surface area contributed by atoms with Crippen LogP contribution in [-0.2, 0) is 14.2 Å². The summed E-state index contributed by atoms with van der Waals surface area (Å²) in [5.74, 6) is 0.751. The normalized spacial score (nSPS) is 39.6. The molecule has 2 aliphatic rings. The lowest BCUT2D eigenvalue weighted by atomic mass is 9.96. The lowest BCUT2D eigenvalue weighted by Crippen LogP contribution is -2.66. The third-order valence-corrected chi connectivity index (χ3v) is 3.89. The second-order valence-electron chi connectivity index (χ2n) is 5.25. The summed E-state index contributed by atoms with van der Waals surface area (Å²) >= 11 is 0. The van der Waals surface area contributed by atoms with Crippen LogP contribution in [0.3, 0.4) is 0 Å². The van der Waals surface area contributed by atoms with Crippen molar-refractivity contribution in [3.63, 3.8) is 0 Å². The monoisotopic (exact) mass is 296 g/mol. The molecule has 0 saturated carbocycles. The van der Waals surface area contributed by atoms with Gasteiger partial charge in [-0.05, 0) is 12.1 Å². The maximum Gasteiger partial charge on any atom is 0.184 e. The van der Waals surface area contributed by atoms with Crippen LogP contribution in [0.5, 0.6) is 5.75 Å². The quantitative estimate of drug-likeness (QED) is 0.673. The molecule has 7 nitrogen and oxygen atoms in total. The van der Waals surface area contributed by atoms with Crippen LogP contribution >= 0.6 is 0 Å². The van der Waals surface area contributed by atoms with Crippen LogP contribution in [0.1, 0.15) is 11.9 Å². The molecule has 0 aliphatic carbocycles. The van der Waals surface area contributed by atoms with Crippen LogP contribution < -0.4 is 16.2 Å². The number of aliphatic hydroxyl groups is 1. The summed E-state index contributed by atoms with van der Waals surface area (Å²) in [5, 5.41) is 10.2. The number of fused-ring (bicyclic) bond motifs is 1. The summed E-state index contributed by atoms with van der Waals surface area (Å²) < 4.78 is 22.1. The summed E-state index contributed by atoms with van der Waals surface area (Å²) in [6.07, 6.45) is -3.14. The SMILES string of the molecule is COc1ccc(C2OCC3OC(N)C(N)C(O)C3O2)cc1. The number of ether oxygens (including phenoxy) is 4. The largest absolute Gasteiger partial charge is 0.497 e. The Morgan fingerprint density at radius 3 is 2.57 bits per heavy atom. The number of aliphatic hydroxyl groups excluding tert-OH is 1. The fraction of sp³-hybridized carbons (Fsp3) is 0.571. The lowest BCUT2D eigenvalue weighted by Gasteiger charge is -2.46. The van der Waals surface area contributed by atoms with Gasteiger partial charge in [-0.2, -0.15) is 0 Å². The van der Waals surface area contributed by atoms with E-state index in [0.29, 0.717) is 6.61 Å². The van der Waals surface area contributed by atoms with Gasteiger partial charge in [-0.15, -0.1) is 0 Å². The Balaban J connectivity index is 1.73. The van der Waals surface area contributed by atoms with Crippen LogP contribution in [0.15, 0.2) is 24.3 Å². The Hall–Kier alpha value is -1.22. The fourth-order valence-corrected chi connectivity index (χ4v) is 2.61. The molecular formula is C14H20N2O5.